The molecule has 0 aliphatic carbocycles. The van der Waals surface area contributed by atoms with Gasteiger partial charge in [-0.05, 0) is 65.4 Å². The molecule has 5 aromatic carbocycles. The average Bonchev–Trinajstić information content (AvgIpc) is 3.07. The van der Waals surface area contributed by atoms with Crippen LogP contribution in [0.4, 0.5) is 11.4 Å². The van der Waals surface area contributed by atoms with Gasteiger partial charge in [-0.1, -0.05) is 66.7 Å². The maximum absolute atomic E-state index is 13.6. The molecule has 0 unspecified atom stereocenters. The molecular weight excluding hydrogens is 586 g/mol. The third-order valence-corrected chi connectivity index (χ3v) is 7.75. The summed E-state index contributed by atoms with van der Waals surface area (Å²) in [5, 5.41) is 10.7. The number of benzene rings is 5. The Balaban J connectivity index is 1.30. The van der Waals surface area contributed by atoms with Crippen molar-refractivity contribution >= 4 is 57.7 Å². The molecule has 8 nitrogen and oxygen atoms in total. The highest BCUT2D eigenvalue weighted by Crippen LogP contribution is 2.32. The average molecular weight is 618 g/mol. The molecule has 9 heteroatoms. The number of fused-ring (bicyclic) bond motifs is 1. The number of methoxy groups -OCH3 is 2. The van der Waals surface area contributed by atoms with Gasteiger partial charge in [-0.15, -0.1) is 11.8 Å². The van der Waals surface area contributed by atoms with E-state index in [4.69, 9.17) is 9.47 Å². The van der Waals surface area contributed by atoms with Crippen LogP contribution in [-0.4, -0.2) is 37.7 Å². The van der Waals surface area contributed by atoms with E-state index in [1.165, 1.54) is 32.1 Å². The minimum absolute atomic E-state index is 0.00299. The van der Waals surface area contributed by atoms with E-state index in [1.807, 2.05) is 48.5 Å². The fourth-order valence-electron chi connectivity index (χ4n) is 4.60. The van der Waals surface area contributed by atoms with Crippen LogP contribution in [0.1, 0.15) is 15.9 Å². The summed E-state index contributed by atoms with van der Waals surface area (Å²) < 4.78 is 10.9. The fourth-order valence-corrected chi connectivity index (χ4v) is 5.35. The van der Waals surface area contributed by atoms with Gasteiger partial charge in [0.05, 0.1) is 20.0 Å². The van der Waals surface area contributed by atoms with Crippen LogP contribution in [0, 0.1) is 0 Å². The van der Waals surface area contributed by atoms with Crippen molar-refractivity contribution in [3.63, 3.8) is 0 Å². The summed E-state index contributed by atoms with van der Waals surface area (Å²) in [7, 11) is 3.02. The molecule has 0 aliphatic heterocycles. The van der Waals surface area contributed by atoms with E-state index in [2.05, 4.69) is 16.0 Å². The Morgan fingerprint density at radius 3 is 2.22 bits per heavy atom. The van der Waals surface area contributed by atoms with E-state index in [0.29, 0.717) is 28.3 Å². The van der Waals surface area contributed by atoms with Crippen LogP contribution in [-0.2, 0) is 9.59 Å². The van der Waals surface area contributed by atoms with Gasteiger partial charge < -0.3 is 25.4 Å². The molecule has 0 aliphatic rings. The maximum Gasteiger partial charge on any atom is 0.272 e. The largest absolute Gasteiger partial charge is 0.493 e. The Labute approximate surface area is 265 Å². The van der Waals surface area contributed by atoms with Gasteiger partial charge in [-0.25, -0.2) is 0 Å². The normalized spacial score (nSPS) is 11.0. The third kappa shape index (κ3) is 8.10. The maximum atomic E-state index is 13.6. The Morgan fingerprint density at radius 1 is 0.711 bits per heavy atom. The summed E-state index contributed by atoms with van der Waals surface area (Å²) in [4.78, 5) is 40.1. The van der Waals surface area contributed by atoms with Crippen LogP contribution in [0.15, 0.2) is 126 Å². The molecule has 0 fully saturated rings. The van der Waals surface area contributed by atoms with Gasteiger partial charge in [-0.3, -0.25) is 14.4 Å². The number of para-hydroxylation sites is 1. The second kappa shape index (κ2) is 14.8. The first-order chi connectivity index (χ1) is 21.9. The number of ether oxygens (including phenoxy) is 2. The van der Waals surface area contributed by atoms with Crippen molar-refractivity contribution in [2.75, 3.05) is 30.6 Å². The Kier molecular flexibility index (Phi) is 10.1. The molecule has 3 N–H and O–H groups in total. The molecule has 0 spiro atoms. The lowest BCUT2D eigenvalue weighted by atomic mass is 10.1. The number of rotatable bonds is 11. The molecule has 0 atom stereocenters. The standard InChI is InChI=1S/C36H31N3O5S/c1-43-32-17-8-14-27(34(32)44-2)21-31(39-35(41)25-11-4-3-5-12-25)36(42)38-28-15-9-16-30(22-28)45-23-33(40)37-29-19-18-24-10-6-7-13-26(24)20-29/h3-22H,23H2,1-2H3,(H,37,40)(H,38,42)(H,39,41)/b31-21+. The van der Waals surface area contributed by atoms with Crippen LogP contribution in [0.3, 0.4) is 0 Å². The zero-order chi connectivity index (χ0) is 31.6. The van der Waals surface area contributed by atoms with E-state index in [1.54, 1.807) is 66.7 Å². The van der Waals surface area contributed by atoms with E-state index in [-0.39, 0.29) is 17.4 Å². The molecule has 0 bridgehead atoms. The number of carbonyl (C=O) groups is 3. The molecule has 3 amide bonds. The second-order valence-electron chi connectivity index (χ2n) is 9.84. The molecule has 0 heterocycles. The summed E-state index contributed by atoms with van der Waals surface area (Å²) in [6, 6.07) is 34.8. The van der Waals surface area contributed by atoms with Crippen LogP contribution in [0.25, 0.3) is 16.8 Å². The number of nitrogens with one attached hydrogen (secondary N) is 3. The highest BCUT2D eigenvalue weighted by Gasteiger charge is 2.18. The zero-order valence-corrected chi connectivity index (χ0v) is 25.5. The Morgan fingerprint density at radius 2 is 1.44 bits per heavy atom. The summed E-state index contributed by atoms with van der Waals surface area (Å²) in [5.74, 6) is -0.0563. The smallest absolute Gasteiger partial charge is 0.272 e. The van der Waals surface area contributed by atoms with Crippen molar-refractivity contribution in [2.24, 2.45) is 0 Å². The summed E-state index contributed by atoms with van der Waals surface area (Å²) >= 11 is 1.34. The van der Waals surface area contributed by atoms with E-state index in [0.717, 1.165) is 21.4 Å². The molecule has 0 saturated heterocycles. The van der Waals surface area contributed by atoms with Crippen LogP contribution < -0.4 is 25.4 Å². The van der Waals surface area contributed by atoms with Crippen molar-refractivity contribution < 1.29 is 23.9 Å². The first kappa shape index (κ1) is 30.9. The van der Waals surface area contributed by atoms with E-state index >= 15 is 0 Å². The van der Waals surface area contributed by atoms with Gasteiger partial charge in [0.15, 0.2) is 11.5 Å². The zero-order valence-electron chi connectivity index (χ0n) is 24.7. The first-order valence-corrected chi connectivity index (χ1v) is 15.0. The van der Waals surface area contributed by atoms with Crippen LogP contribution in [0.5, 0.6) is 11.5 Å². The lowest BCUT2D eigenvalue weighted by Crippen LogP contribution is -2.30. The molecule has 45 heavy (non-hydrogen) atoms. The SMILES string of the molecule is COc1cccc(/C=C(/NC(=O)c2ccccc2)C(=O)Nc2cccc(SCC(=O)Nc3ccc4ccccc4c3)c2)c1OC. The fraction of sp³-hybridized carbons (Fsp3) is 0.0833. The first-order valence-electron chi connectivity index (χ1n) is 14.1. The van der Waals surface area contributed by atoms with E-state index < -0.39 is 11.8 Å². The van der Waals surface area contributed by atoms with Gasteiger partial charge >= 0.3 is 0 Å². The van der Waals surface area contributed by atoms with Crippen LogP contribution in [0.2, 0.25) is 0 Å². The van der Waals surface area contributed by atoms with Crippen molar-refractivity contribution in [3.8, 4) is 11.5 Å². The van der Waals surface area contributed by atoms with Gasteiger partial charge in [0.1, 0.15) is 5.70 Å². The molecule has 5 rings (SSSR count). The van der Waals surface area contributed by atoms with Crippen LogP contribution >= 0.6 is 11.8 Å². The number of hydrogen-bond donors (Lipinski definition) is 3. The Bertz CT molecular complexity index is 1870. The number of amides is 3. The highest BCUT2D eigenvalue weighted by atomic mass is 32.2. The lowest BCUT2D eigenvalue weighted by Gasteiger charge is -2.14. The van der Waals surface area contributed by atoms with E-state index in [9.17, 15) is 14.4 Å². The minimum Gasteiger partial charge on any atom is -0.493 e. The van der Waals surface area contributed by atoms with Crippen molar-refractivity contribution in [2.45, 2.75) is 4.90 Å². The number of hydrogen-bond acceptors (Lipinski definition) is 6. The second-order valence-corrected chi connectivity index (χ2v) is 10.9. The minimum atomic E-state index is -0.541. The van der Waals surface area contributed by atoms with Crippen molar-refractivity contribution in [3.05, 3.63) is 132 Å². The molecule has 0 radical (unpaired) electrons. The van der Waals surface area contributed by atoms with Crippen molar-refractivity contribution in [1.29, 1.82) is 0 Å². The number of thioether (sulfide) groups is 1. The molecule has 226 valence electrons. The highest BCUT2D eigenvalue weighted by molar-refractivity contribution is 8.00. The molecule has 0 saturated carbocycles. The van der Waals surface area contributed by atoms with Gasteiger partial charge in [0, 0.05) is 27.4 Å². The van der Waals surface area contributed by atoms with Gasteiger partial charge in [0.2, 0.25) is 5.91 Å². The van der Waals surface area contributed by atoms with Gasteiger partial charge in [-0.2, -0.15) is 0 Å². The summed E-state index contributed by atoms with van der Waals surface area (Å²) in [6.07, 6.45) is 1.53. The predicted molar refractivity (Wildman–Crippen MR) is 180 cm³/mol. The van der Waals surface area contributed by atoms with Gasteiger partial charge in [0.25, 0.3) is 11.8 Å². The molecule has 0 aromatic heterocycles. The monoisotopic (exact) mass is 617 g/mol. The summed E-state index contributed by atoms with van der Waals surface area (Å²) in [6.45, 7) is 0. The topological polar surface area (TPSA) is 106 Å². The Hall–Kier alpha value is -5.54. The number of carbonyl (C=O) groups excluding carboxylic acids is 3. The molecule has 5 aromatic rings. The summed E-state index contributed by atoms with van der Waals surface area (Å²) in [5.41, 5.74) is 2.16. The number of anilines is 2. The third-order valence-electron chi connectivity index (χ3n) is 6.76. The van der Waals surface area contributed by atoms with Crippen molar-refractivity contribution in [1.82, 2.24) is 5.32 Å². The lowest BCUT2D eigenvalue weighted by molar-refractivity contribution is -0.114. The molecular formula is C36H31N3O5S. The predicted octanol–water partition coefficient (Wildman–Crippen LogP) is 7.00. The quantitative estimate of drug-likeness (QED) is 0.109.